The second-order valence-corrected chi connectivity index (χ2v) is 8.27. The van der Waals surface area contributed by atoms with Crippen LogP contribution in [0.3, 0.4) is 0 Å². The smallest absolute Gasteiger partial charge is 0.238 e. The summed E-state index contributed by atoms with van der Waals surface area (Å²) in [6.07, 6.45) is 2.06. The second kappa shape index (κ2) is 5.54. The van der Waals surface area contributed by atoms with Crippen molar-refractivity contribution in [1.82, 2.24) is 0 Å². The number of nitrogens with zero attached hydrogens (tertiary/aromatic N) is 1. The standard InChI is InChI=1S/C23H23NO2/c1-13-8-9-14(2)19(10-13)24-22(25)20-16-11-17(15-6-4-3-5-7-15)18(12-16)21(20)23(24)26/h3-10,16-18,20-21H,11-12H2,1-2H3/t16-,17-,18+,20+,21+/m0/s1. The van der Waals surface area contributed by atoms with E-state index in [2.05, 4.69) is 24.3 Å². The summed E-state index contributed by atoms with van der Waals surface area (Å²) in [5.74, 6) is 0.895. The summed E-state index contributed by atoms with van der Waals surface area (Å²) < 4.78 is 0. The molecule has 0 radical (unpaired) electrons. The van der Waals surface area contributed by atoms with Crippen LogP contribution in [0.1, 0.15) is 35.4 Å². The molecular formula is C23H23NO2. The Morgan fingerprint density at radius 3 is 2.38 bits per heavy atom. The molecule has 0 spiro atoms. The van der Waals surface area contributed by atoms with Crippen molar-refractivity contribution >= 4 is 17.5 Å². The molecule has 0 aromatic heterocycles. The quantitative estimate of drug-likeness (QED) is 0.764. The molecular weight excluding hydrogens is 322 g/mol. The highest BCUT2D eigenvalue weighted by Gasteiger charge is 2.64. The zero-order valence-electron chi connectivity index (χ0n) is 15.2. The first kappa shape index (κ1) is 15.8. The molecule has 5 atom stereocenters. The minimum Gasteiger partial charge on any atom is -0.274 e. The lowest BCUT2D eigenvalue weighted by Crippen LogP contribution is -2.33. The number of fused-ring (bicyclic) bond motifs is 5. The van der Waals surface area contributed by atoms with Crippen LogP contribution in [0.15, 0.2) is 48.5 Å². The van der Waals surface area contributed by atoms with E-state index < -0.39 is 0 Å². The summed E-state index contributed by atoms with van der Waals surface area (Å²) in [7, 11) is 0. The molecule has 0 N–H and O–H groups in total. The van der Waals surface area contributed by atoms with Crippen LogP contribution in [0.2, 0.25) is 0 Å². The molecule has 2 bridgehead atoms. The fourth-order valence-electron chi connectivity index (χ4n) is 5.74. The molecule has 3 fully saturated rings. The van der Waals surface area contributed by atoms with Gasteiger partial charge in [0.25, 0.3) is 0 Å². The largest absolute Gasteiger partial charge is 0.274 e. The van der Waals surface area contributed by atoms with E-state index in [1.165, 1.54) is 10.5 Å². The molecule has 2 aliphatic carbocycles. The Morgan fingerprint density at radius 1 is 0.885 bits per heavy atom. The Morgan fingerprint density at radius 2 is 1.62 bits per heavy atom. The first-order valence-electron chi connectivity index (χ1n) is 9.56. The molecule has 2 amide bonds. The first-order chi connectivity index (χ1) is 12.6. The summed E-state index contributed by atoms with van der Waals surface area (Å²) in [5, 5.41) is 0. The molecule has 1 heterocycles. The van der Waals surface area contributed by atoms with Gasteiger partial charge in [-0.15, -0.1) is 0 Å². The van der Waals surface area contributed by atoms with Gasteiger partial charge in [-0.2, -0.15) is 0 Å². The number of benzene rings is 2. The van der Waals surface area contributed by atoms with Crippen LogP contribution in [-0.2, 0) is 9.59 Å². The molecule has 3 nitrogen and oxygen atoms in total. The third kappa shape index (κ3) is 2.06. The van der Waals surface area contributed by atoms with Crippen LogP contribution in [0.25, 0.3) is 0 Å². The molecule has 26 heavy (non-hydrogen) atoms. The Balaban J connectivity index is 1.52. The van der Waals surface area contributed by atoms with Gasteiger partial charge in [0.15, 0.2) is 0 Å². The van der Waals surface area contributed by atoms with Gasteiger partial charge in [0, 0.05) is 0 Å². The highest BCUT2D eigenvalue weighted by atomic mass is 16.2. The van der Waals surface area contributed by atoms with E-state index in [1.807, 2.05) is 38.1 Å². The predicted octanol–water partition coefficient (Wildman–Crippen LogP) is 4.23. The van der Waals surface area contributed by atoms with Crippen molar-refractivity contribution in [2.45, 2.75) is 32.6 Å². The van der Waals surface area contributed by atoms with Crippen LogP contribution < -0.4 is 4.90 Å². The molecule has 5 rings (SSSR count). The molecule has 3 aliphatic rings. The highest BCUT2D eigenvalue weighted by Crippen LogP contribution is 2.62. The van der Waals surface area contributed by atoms with Crippen molar-refractivity contribution in [1.29, 1.82) is 0 Å². The monoisotopic (exact) mass is 345 g/mol. The SMILES string of the molecule is Cc1ccc(C)c(N2C(=O)[C@@H]3[C@@H]4C[C@@H]([C@H]3C2=O)[C@H](c2ccccc2)C4)c1. The first-order valence-corrected chi connectivity index (χ1v) is 9.56. The Hall–Kier alpha value is -2.42. The maximum Gasteiger partial charge on any atom is 0.238 e. The Kier molecular flexibility index (Phi) is 3.37. The number of hydrogen-bond donors (Lipinski definition) is 0. The fraction of sp³-hybridized carbons (Fsp3) is 0.391. The number of hydrogen-bond acceptors (Lipinski definition) is 2. The Bertz CT molecular complexity index is 904. The lowest BCUT2D eigenvalue weighted by molar-refractivity contribution is -0.123. The van der Waals surface area contributed by atoms with Gasteiger partial charge >= 0.3 is 0 Å². The minimum absolute atomic E-state index is 0.0295. The number of rotatable bonds is 2. The topological polar surface area (TPSA) is 37.4 Å². The van der Waals surface area contributed by atoms with Gasteiger partial charge in [-0.1, -0.05) is 42.5 Å². The maximum atomic E-state index is 13.3. The van der Waals surface area contributed by atoms with Gasteiger partial charge in [-0.05, 0) is 67.2 Å². The fourth-order valence-corrected chi connectivity index (χ4v) is 5.74. The number of anilines is 1. The van der Waals surface area contributed by atoms with Crippen LogP contribution >= 0.6 is 0 Å². The van der Waals surface area contributed by atoms with Gasteiger partial charge < -0.3 is 0 Å². The highest BCUT2D eigenvalue weighted by molar-refractivity contribution is 6.23. The van der Waals surface area contributed by atoms with Crippen LogP contribution in [0.4, 0.5) is 5.69 Å². The summed E-state index contributed by atoms with van der Waals surface area (Å²) in [5.41, 5.74) is 4.17. The van der Waals surface area contributed by atoms with E-state index in [1.54, 1.807) is 0 Å². The summed E-state index contributed by atoms with van der Waals surface area (Å²) in [6.45, 7) is 3.98. The molecule has 2 saturated carbocycles. The minimum atomic E-state index is -0.133. The maximum absolute atomic E-state index is 13.3. The van der Waals surface area contributed by atoms with Gasteiger partial charge in [0.1, 0.15) is 0 Å². The summed E-state index contributed by atoms with van der Waals surface area (Å²) in [6, 6.07) is 16.5. The van der Waals surface area contributed by atoms with E-state index in [9.17, 15) is 9.59 Å². The lowest BCUT2D eigenvalue weighted by Gasteiger charge is -2.28. The second-order valence-electron chi connectivity index (χ2n) is 8.27. The molecule has 2 aromatic rings. The van der Waals surface area contributed by atoms with Crippen molar-refractivity contribution in [3.8, 4) is 0 Å². The van der Waals surface area contributed by atoms with E-state index in [0.29, 0.717) is 17.8 Å². The van der Waals surface area contributed by atoms with Crippen LogP contribution in [0.5, 0.6) is 0 Å². The molecule has 1 aliphatic heterocycles. The number of carbonyl (C=O) groups is 2. The number of carbonyl (C=O) groups excluding carboxylic acids is 2. The average molecular weight is 345 g/mol. The van der Waals surface area contributed by atoms with Crippen molar-refractivity contribution < 1.29 is 9.59 Å². The molecule has 2 aromatic carbocycles. The molecule has 132 valence electrons. The van der Waals surface area contributed by atoms with E-state index >= 15 is 0 Å². The van der Waals surface area contributed by atoms with Crippen molar-refractivity contribution in [2.24, 2.45) is 23.7 Å². The van der Waals surface area contributed by atoms with Crippen molar-refractivity contribution in [3.05, 3.63) is 65.2 Å². The number of aryl methyl sites for hydroxylation is 2. The number of imide groups is 1. The zero-order chi connectivity index (χ0) is 18.0. The zero-order valence-corrected chi connectivity index (χ0v) is 15.2. The lowest BCUT2D eigenvalue weighted by atomic mass is 9.73. The normalized spacial score (nSPS) is 32.4. The third-order valence-corrected chi connectivity index (χ3v) is 6.85. The van der Waals surface area contributed by atoms with E-state index in [-0.39, 0.29) is 23.7 Å². The van der Waals surface area contributed by atoms with E-state index in [0.717, 1.165) is 29.7 Å². The Labute approximate surface area is 154 Å². The van der Waals surface area contributed by atoms with E-state index in [4.69, 9.17) is 0 Å². The molecule has 0 unspecified atom stereocenters. The van der Waals surface area contributed by atoms with Crippen molar-refractivity contribution in [2.75, 3.05) is 4.90 Å². The molecule has 1 saturated heterocycles. The van der Waals surface area contributed by atoms with Gasteiger partial charge in [-0.3, -0.25) is 9.59 Å². The summed E-state index contributed by atoms with van der Waals surface area (Å²) >= 11 is 0. The van der Waals surface area contributed by atoms with Crippen molar-refractivity contribution in [3.63, 3.8) is 0 Å². The predicted molar refractivity (Wildman–Crippen MR) is 101 cm³/mol. The summed E-state index contributed by atoms with van der Waals surface area (Å²) in [4.78, 5) is 28.0. The van der Waals surface area contributed by atoms with Gasteiger partial charge in [-0.25, -0.2) is 4.90 Å². The van der Waals surface area contributed by atoms with Crippen LogP contribution in [-0.4, -0.2) is 11.8 Å². The van der Waals surface area contributed by atoms with Gasteiger partial charge in [0.05, 0.1) is 17.5 Å². The molecule has 3 heteroatoms. The number of amides is 2. The van der Waals surface area contributed by atoms with Crippen LogP contribution in [0, 0.1) is 37.5 Å². The third-order valence-electron chi connectivity index (χ3n) is 6.85. The average Bonchev–Trinajstić information content (AvgIpc) is 3.30. The van der Waals surface area contributed by atoms with Gasteiger partial charge in [0.2, 0.25) is 11.8 Å².